The Morgan fingerprint density at radius 1 is 1.05 bits per heavy atom. The molecule has 1 aromatic carbocycles. The fourth-order valence-corrected chi connectivity index (χ4v) is 1.58. The lowest BCUT2D eigenvalue weighted by molar-refractivity contribution is -0.153. The zero-order chi connectivity index (χ0) is 16.1. The molecule has 0 bridgehead atoms. The predicted octanol–water partition coefficient (Wildman–Crippen LogP) is 3.91. The van der Waals surface area contributed by atoms with Crippen molar-refractivity contribution in [1.29, 1.82) is 0 Å². The molecule has 0 aromatic heterocycles. The van der Waals surface area contributed by atoms with E-state index in [0.717, 1.165) is 5.56 Å². The first-order valence-electron chi connectivity index (χ1n) is 6.81. The molecule has 1 rings (SSSR count). The normalized spacial score (nSPS) is 12.3. The lowest BCUT2D eigenvalue weighted by Crippen LogP contribution is -2.35. The first-order chi connectivity index (χ1) is 9.61. The SMILES string of the molecule is CCOc1cc(CNC(C)(C)C)ccc1OCC(F)(F)F. The van der Waals surface area contributed by atoms with Gasteiger partial charge in [-0.2, -0.15) is 13.2 Å². The van der Waals surface area contributed by atoms with E-state index in [0.29, 0.717) is 18.9 Å². The number of nitrogens with one attached hydrogen (secondary N) is 1. The maximum atomic E-state index is 12.2. The Kier molecular flexibility index (Phi) is 5.89. The van der Waals surface area contributed by atoms with Crippen molar-refractivity contribution in [3.63, 3.8) is 0 Å². The standard InChI is InChI=1S/C15H22F3NO2/c1-5-20-13-8-11(9-19-14(2,3)4)6-7-12(13)21-10-15(16,17)18/h6-8,19H,5,9-10H2,1-4H3. The van der Waals surface area contributed by atoms with E-state index in [2.05, 4.69) is 5.32 Å². The summed E-state index contributed by atoms with van der Waals surface area (Å²) in [5, 5.41) is 3.31. The van der Waals surface area contributed by atoms with Crippen LogP contribution < -0.4 is 14.8 Å². The topological polar surface area (TPSA) is 30.5 Å². The molecule has 0 fully saturated rings. The summed E-state index contributed by atoms with van der Waals surface area (Å²) in [6, 6.07) is 4.94. The third-order valence-corrected chi connectivity index (χ3v) is 2.52. The quantitative estimate of drug-likeness (QED) is 0.864. The Balaban J connectivity index is 2.81. The van der Waals surface area contributed by atoms with Crippen LogP contribution in [0.2, 0.25) is 0 Å². The monoisotopic (exact) mass is 305 g/mol. The summed E-state index contributed by atoms with van der Waals surface area (Å²) in [6.45, 7) is 7.52. The minimum Gasteiger partial charge on any atom is -0.490 e. The van der Waals surface area contributed by atoms with Crippen molar-refractivity contribution in [3.8, 4) is 11.5 Å². The van der Waals surface area contributed by atoms with Crippen LogP contribution in [0.25, 0.3) is 0 Å². The highest BCUT2D eigenvalue weighted by Crippen LogP contribution is 2.30. The summed E-state index contributed by atoms with van der Waals surface area (Å²) in [5.74, 6) is 0.434. The van der Waals surface area contributed by atoms with Crippen LogP contribution in [0.3, 0.4) is 0 Å². The number of alkyl halides is 3. The molecule has 1 N–H and O–H groups in total. The van der Waals surface area contributed by atoms with Crippen molar-refractivity contribution in [2.45, 2.75) is 46.0 Å². The van der Waals surface area contributed by atoms with Crippen molar-refractivity contribution in [2.24, 2.45) is 0 Å². The second-order valence-electron chi connectivity index (χ2n) is 5.72. The number of benzene rings is 1. The average Bonchev–Trinajstić information content (AvgIpc) is 2.33. The van der Waals surface area contributed by atoms with Gasteiger partial charge in [0.1, 0.15) is 0 Å². The summed E-state index contributed by atoms with van der Waals surface area (Å²) in [5.41, 5.74) is 0.879. The molecule has 3 nitrogen and oxygen atoms in total. The van der Waals surface area contributed by atoms with Gasteiger partial charge in [-0.15, -0.1) is 0 Å². The lowest BCUT2D eigenvalue weighted by Gasteiger charge is -2.21. The molecule has 21 heavy (non-hydrogen) atoms. The largest absolute Gasteiger partial charge is 0.490 e. The summed E-state index contributed by atoms with van der Waals surface area (Å²) < 4.78 is 46.8. The van der Waals surface area contributed by atoms with Gasteiger partial charge in [0.05, 0.1) is 6.61 Å². The zero-order valence-electron chi connectivity index (χ0n) is 12.8. The Morgan fingerprint density at radius 2 is 1.71 bits per heavy atom. The smallest absolute Gasteiger partial charge is 0.422 e. The molecule has 0 spiro atoms. The van der Waals surface area contributed by atoms with Gasteiger partial charge >= 0.3 is 6.18 Å². The van der Waals surface area contributed by atoms with Gasteiger partial charge in [0, 0.05) is 12.1 Å². The molecule has 0 heterocycles. The van der Waals surface area contributed by atoms with Gasteiger partial charge in [-0.25, -0.2) is 0 Å². The summed E-state index contributed by atoms with van der Waals surface area (Å²) in [7, 11) is 0. The number of hydrogen-bond donors (Lipinski definition) is 1. The Morgan fingerprint density at radius 3 is 2.24 bits per heavy atom. The molecule has 0 amide bonds. The van der Waals surface area contributed by atoms with Crippen LogP contribution in [-0.4, -0.2) is 24.9 Å². The van der Waals surface area contributed by atoms with Crippen molar-refractivity contribution in [1.82, 2.24) is 5.32 Å². The predicted molar refractivity (Wildman–Crippen MR) is 75.8 cm³/mol. The molecule has 120 valence electrons. The fraction of sp³-hybridized carbons (Fsp3) is 0.600. The maximum absolute atomic E-state index is 12.2. The molecule has 0 aliphatic heterocycles. The van der Waals surface area contributed by atoms with Crippen LogP contribution >= 0.6 is 0 Å². The van der Waals surface area contributed by atoms with E-state index in [1.165, 1.54) is 6.07 Å². The number of ether oxygens (including phenoxy) is 2. The molecule has 6 heteroatoms. The lowest BCUT2D eigenvalue weighted by atomic mass is 10.1. The van der Waals surface area contributed by atoms with E-state index in [9.17, 15) is 13.2 Å². The molecule has 0 radical (unpaired) electrons. The zero-order valence-corrected chi connectivity index (χ0v) is 12.8. The van der Waals surface area contributed by atoms with Crippen LogP contribution in [0.15, 0.2) is 18.2 Å². The summed E-state index contributed by atoms with van der Waals surface area (Å²) >= 11 is 0. The minimum absolute atomic E-state index is 0.0444. The molecule has 0 saturated carbocycles. The van der Waals surface area contributed by atoms with E-state index in [-0.39, 0.29) is 11.3 Å². The minimum atomic E-state index is -4.37. The summed E-state index contributed by atoms with van der Waals surface area (Å²) in [4.78, 5) is 0. The van der Waals surface area contributed by atoms with Crippen LogP contribution in [0.4, 0.5) is 13.2 Å². The third-order valence-electron chi connectivity index (χ3n) is 2.52. The van der Waals surface area contributed by atoms with Crippen molar-refractivity contribution in [3.05, 3.63) is 23.8 Å². The van der Waals surface area contributed by atoms with Gasteiger partial charge in [0.2, 0.25) is 0 Å². The van der Waals surface area contributed by atoms with Gasteiger partial charge in [-0.1, -0.05) is 6.07 Å². The molecule has 0 aliphatic carbocycles. The van der Waals surface area contributed by atoms with Crippen molar-refractivity contribution >= 4 is 0 Å². The molecule has 1 aromatic rings. The van der Waals surface area contributed by atoms with Gasteiger partial charge in [0.25, 0.3) is 0 Å². The van der Waals surface area contributed by atoms with E-state index < -0.39 is 12.8 Å². The average molecular weight is 305 g/mol. The Labute approximate surface area is 123 Å². The molecular weight excluding hydrogens is 283 g/mol. The highest BCUT2D eigenvalue weighted by Gasteiger charge is 2.29. The van der Waals surface area contributed by atoms with Crippen LogP contribution in [0, 0.1) is 0 Å². The maximum Gasteiger partial charge on any atom is 0.422 e. The van der Waals surface area contributed by atoms with Crippen LogP contribution in [0.1, 0.15) is 33.3 Å². The molecule has 0 atom stereocenters. The number of hydrogen-bond acceptors (Lipinski definition) is 3. The van der Waals surface area contributed by atoms with E-state index in [1.807, 2.05) is 20.8 Å². The second-order valence-corrected chi connectivity index (χ2v) is 5.72. The van der Waals surface area contributed by atoms with Crippen LogP contribution in [0.5, 0.6) is 11.5 Å². The van der Waals surface area contributed by atoms with Gasteiger partial charge in [0.15, 0.2) is 18.1 Å². The van der Waals surface area contributed by atoms with Crippen molar-refractivity contribution < 1.29 is 22.6 Å². The summed E-state index contributed by atoms with van der Waals surface area (Å²) in [6.07, 6.45) is -4.37. The van der Waals surface area contributed by atoms with E-state index in [4.69, 9.17) is 9.47 Å². The third kappa shape index (κ3) is 7.22. The highest BCUT2D eigenvalue weighted by atomic mass is 19.4. The first kappa shape index (κ1) is 17.6. The van der Waals surface area contributed by atoms with E-state index in [1.54, 1.807) is 19.1 Å². The Hall–Kier alpha value is -1.43. The molecule has 0 unspecified atom stereocenters. The highest BCUT2D eigenvalue weighted by molar-refractivity contribution is 5.43. The number of rotatable bonds is 6. The van der Waals surface area contributed by atoms with E-state index >= 15 is 0 Å². The van der Waals surface area contributed by atoms with Crippen molar-refractivity contribution in [2.75, 3.05) is 13.2 Å². The van der Waals surface area contributed by atoms with Gasteiger partial charge < -0.3 is 14.8 Å². The fourth-order valence-electron chi connectivity index (χ4n) is 1.58. The number of halogens is 3. The van der Waals surface area contributed by atoms with Gasteiger partial charge in [-0.05, 0) is 45.4 Å². The molecule has 0 aliphatic rings. The molecular formula is C15H22F3NO2. The second kappa shape index (κ2) is 7.02. The first-order valence-corrected chi connectivity index (χ1v) is 6.81. The Bertz CT molecular complexity index is 453. The van der Waals surface area contributed by atoms with Gasteiger partial charge in [-0.3, -0.25) is 0 Å². The molecule has 0 saturated heterocycles. The van der Waals surface area contributed by atoms with Crippen LogP contribution in [-0.2, 0) is 6.54 Å².